The van der Waals surface area contributed by atoms with E-state index < -0.39 is 6.10 Å². The lowest BCUT2D eigenvalue weighted by Crippen LogP contribution is -2.41. The van der Waals surface area contributed by atoms with Gasteiger partial charge in [-0.3, -0.25) is 0 Å². The lowest BCUT2D eigenvalue weighted by atomic mass is 10.0. The number of unbranched alkanes of at least 4 members (excludes halogenated alkanes) is 12. The van der Waals surface area contributed by atoms with E-state index in [1.54, 1.807) is 0 Å². The van der Waals surface area contributed by atoms with E-state index in [4.69, 9.17) is 0 Å². The van der Waals surface area contributed by atoms with E-state index in [2.05, 4.69) is 6.92 Å². The van der Waals surface area contributed by atoms with Gasteiger partial charge in [-0.1, -0.05) is 90.4 Å². The highest BCUT2D eigenvalue weighted by Gasteiger charge is 2.19. The second-order valence-electron chi connectivity index (χ2n) is 7.31. The lowest BCUT2D eigenvalue weighted by Gasteiger charge is -2.27. The Bertz CT molecular complexity index is 234. The van der Waals surface area contributed by atoms with Crippen LogP contribution in [0.1, 0.15) is 96.8 Å². The summed E-state index contributed by atoms with van der Waals surface area (Å²) in [4.78, 5) is 1.91. The molecule has 0 unspecified atom stereocenters. The van der Waals surface area contributed by atoms with Crippen LogP contribution in [-0.2, 0) is 0 Å². The second kappa shape index (κ2) is 16.7. The molecule has 0 fully saturated rings. The third-order valence-corrected chi connectivity index (χ3v) is 4.90. The van der Waals surface area contributed by atoms with Crippen molar-refractivity contribution in [3.05, 3.63) is 0 Å². The molecule has 140 valence electrons. The number of aliphatic hydroxyl groups is 2. The van der Waals surface area contributed by atoms with Gasteiger partial charge in [0.25, 0.3) is 0 Å². The summed E-state index contributed by atoms with van der Waals surface area (Å²) in [5.41, 5.74) is 0. The van der Waals surface area contributed by atoms with Gasteiger partial charge in [-0.2, -0.15) is 0 Å². The fourth-order valence-electron chi connectivity index (χ4n) is 3.19. The molecule has 0 aliphatic rings. The average molecular weight is 330 g/mol. The predicted molar refractivity (Wildman–Crippen MR) is 101 cm³/mol. The zero-order valence-electron chi connectivity index (χ0n) is 16.1. The quantitative estimate of drug-likeness (QED) is 0.378. The van der Waals surface area contributed by atoms with Crippen LogP contribution in [0.15, 0.2) is 0 Å². The molecule has 0 saturated carbocycles. The molecule has 0 saturated heterocycles. The molecule has 0 aliphatic heterocycles. The molecule has 0 aromatic rings. The highest BCUT2D eigenvalue weighted by Crippen LogP contribution is 2.14. The van der Waals surface area contributed by atoms with Crippen LogP contribution in [0.4, 0.5) is 0 Å². The molecule has 0 radical (unpaired) electrons. The first-order valence-corrected chi connectivity index (χ1v) is 10.1. The molecule has 2 N–H and O–H groups in total. The second-order valence-corrected chi connectivity index (χ2v) is 7.31. The van der Waals surface area contributed by atoms with Crippen LogP contribution in [0, 0.1) is 0 Å². The molecule has 0 bridgehead atoms. The number of hydrogen-bond acceptors (Lipinski definition) is 3. The van der Waals surface area contributed by atoms with Crippen molar-refractivity contribution in [2.75, 3.05) is 20.7 Å². The minimum Gasteiger partial charge on any atom is -0.395 e. The smallest absolute Gasteiger partial charge is 0.0717 e. The van der Waals surface area contributed by atoms with Crippen molar-refractivity contribution in [3.63, 3.8) is 0 Å². The normalized spacial score (nSPS) is 14.3. The lowest BCUT2D eigenvalue weighted by molar-refractivity contribution is 0.0333. The maximum atomic E-state index is 10.1. The number of hydrogen-bond donors (Lipinski definition) is 2. The third kappa shape index (κ3) is 14.0. The minimum atomic E-state index is -0.400. The molecule has 0 aromatic heterocycles. The summed E-state index contributed by atoms with van der Waals surface area (Å²) in [7, 11) is 3.82. The monoisotopic (exact) mass is 329 g/mol. The Balaban J connectivity index is 3.27. The van der Waals surface area contributed by atoms with Crippen LogP contribution in [0.2, 0.25) is 0 Å². The maximum Gasteiger partial charge on any atom is 0.0717 e. The van der Waals surface area contributed by atoms with Crippen molar-refractivity contribution in [1.29, 1.82) is 0 Å². The maximum absolute atomic E-state index is 10.1. The van der Waals surface area contributed by atoms with E-state index in [9.17, 15) is 10.2 Å². The molecule has 0 rings (SSSR count). The molecular formula is C20H43NO2. The standard InChI is InChI=1S/C20H43NO2/c1-4-5-6-7-8-9-10-11-12-13-14-15-16-17-20(23)19(18-22)21(2)3/h19-20,22-23H,4-18H2,1-3H3/t19-,20-/m0/s1. The molecule has 0 aromatic carbocycles. The molecule has 2 atom stereocenters. The van der Waals surface area contributed by atoms with E-state index in [0.29, 0.717) is 0 Å². The van der Waals surface area contributed by atoms with Gasteiger partial charge in [-0.15, -0.1) is 0 Å². The first-order chi connectivity index (χ1) is 11.1. The zero-order chi connectivity index (χ0) is 17.3. The van der Waals surface area contributed by atoms with Gasteiger partial charge in [0.1, 0.15) is 0 Å². The molecular weight excluding hydrogens is 286 g/mol. The van der Waals surface area contributed by atoms with Crippen molar-refractivity contribution in [2.45, 2.75) is 109 Å². The van der Waals surface area contributed by atoms with Crippen LogP contribution < -0.4 is 0 Å². The first-order valence-electron chi connectivity index (χ1n) is 10.1. The highest BCUT2D eigenvalue weighted by molar-refractivity contribution is 4.74. The van der Waals surface area contributed by atoms with Crippen molar-refractivity contribution >= 4 is 0 Å². The predicted octanol–water partition coefficient (Wildman–Crippen LogP) is 4.75. The van der Waals surface area contributed by atoms with Crippen LogP contribution in [0.25, 0.3) is 0 Å². The summed E-state index contributed by atoms with van der Waals surface area (Å²) in [6.07, 6.45) is 17.9. The van der Waals surface area contributed by atoms with Crippen LogP contribution in [0.5, 0.6) is 0 Å². The van der Waals surface area contributed by atoms with E-state index in [-0.39, 0.29) is 12.6 Å². The van der Waals surface area contributed by atoms with Crippen molar-refractivity contribution in [1.82, 2.24) is 4.90 Å². The average Bonchev–Trinajstić information content (AvgIpc) is 2.52. The zero-order valence-corrected chi connectivity index (χ0v) is 16.1. The summed E-state index contributed by atoms with van der Waals surface area (Å²) in [5, 5.41) is 19.3. The summed E-state index contributed by atoms with van der Waals surface area (Å²) < 4.78 is 0. The van der Waals surface area contributed by atoms with Gasteiger partial charge in [0.2, 0.25) is 0 Å². The van der Waals surface area contributed by atoms with E-state index in [1.807, 2.05) is 19.0 Å². The molecule has 0 aliphatic carbocycles. The van der Waals surface area contributed by atoms with Gasteiger partial charge in [0, 0.05) is 0 Å². The van der Waals surface area contributed by atoms with Crippen molar-refractivity contribution in [2.24, 2.45) is 0 Å². The number of aliphatic hydroxyl groups excluding tert-OH is 2. The number of nitrogens with zero attached hydrogens (tertiary/aromatic N) is 1. The first kappa shape index (κ1) is 22.9. The Kier molecular flexibility index (Phi) is 16.6. The largest absolute Gasteiger partial charge is 0.395 e. The van der Waals surface area contributed by atoms with E-state index in [1.165, 1.54) is 77.0 Å². The fourth-order valence-corrected chi connectivity index (χ4v) is 3.19. The Morgan fingerprint density at radius 1 is 0.696 bits per heavy atom. The molecule has 0 heterocycles. The van der Waals surface area contributed by atoms with Gasteiger partial charge in [-0.05, 0) is 20.5 Å². The SMILES string of the molecule is CCCCCCCCCCCCCCC[C@H](O)[C@H](CO)N(C)C. The molecule has 3 heteroatoms. The molecule has 0 amide bonds. The Morgan fingerprint density at radius 2 is 1.09 bits per heavy atom. The summed E-state index contributed by atoms with van der Waals surface area (Å²) in [6.45, 7) is 2.31. The minimum absolute atomic E-state index is 0.0343. The van der Waals surface area contributed by atoms with Gasteiger partial charge >= 0.3 is 0 Å². The summed E-state index contributed by atoms with van der Waals surface area (Å²) in [5.74, 6) is 0. The van der Waals surface area contributed by atoms with Crippen molar-refractivity contribution in [3.8, 4) is 0 Å². The van der Waals surface area contributed by atoms with Crippen LogP contribution in [-0.4, -0.2) is 48.0 Å². The van der Waals surface area contributed by atoms with E-state index in [0.717, 1.165) is 12.8 Å². The Hall–Kier alpha value is -0.120. The third-order valence-electron chi connectivity index (χ3n) is 4.90. The Morgan fingerprint density at radius 3 is 1.43 bits per heavy atom. The van der Waals surface area contributed by atoms with Gasteiger partial charge < -0.3 is 15.1 Å². The van der Waals surface area contributed by atoms with E-state index >= 15 is 0 Å². The van der Waals surface area contributed by atoms with Gasteiger partial charge in [-0.25, -0.2) is 0 Å². The summed E-state index contributed by atoms with van der Waals surface area (Å²) >= 11 is 0. The van der Waals surface area contributed by atoms with Crippen LogP contribution >= 0.6 is 0 Å². The molecule has 0 spiro atoms. The summed E-state index contributed by atoms with van der Waals surface area (Å²) in [6, 6.07) is -0.118. The highest BCUT2D eigenvalue weighted by atomic mass is 16.3. The van der Waals surface area contributed by atoms with Crippen LogP contribution in [0.3, 0.4) is 0 Å². The van der Waals surface area contributed by atoms with Crippen molar-refractivity contribution < 1.29 is 10.2 Å². The molecule has 23 heavy (non-hydrogen) atoms. The number of likely N-dealkylation sites (N-methyl/N-ethyl adjacent to an activating group) is 1. The van der Waals surface area contributed by atoms with Gasteiger partial charge in [0.05, 0.1) is 18.8 Å². The fraction of sp³-hybridized carbons (Fsp3) is 1.00. The topological polar surface area (TPSA) is 43.7 Å². The number of rotatable bonds is 17. The molecule has 3 nitrogen and oxygen atoms in total. The Labute approximate surface area is 145 Å². The van der Waals surface area contributed by atoms with Gasteiger partial charge in [0.15, 0.2) is 0 Å².